The molecule has 166 valence electrons. The second-order valence-corrected chi connectivity index (χ2v) is 9.88. The van der Waals surface area contributed by atoms with Crippen molar-refractivity contribution in [3.05, 3.63) is 65.7 Å². The van der Waals surface area contributed by atoms with Crippen LogP contribution in [-0.2, 0) is 16.3 Å². The SMILES string of the molecule is CCCC(N)C(Nc1nc(Cc2ccc(F)cc2)ns1)S(=O)(=O)c1ccc(OC)cc1. The standard InChI is InChI=1S/C21H25FN4O3S2/c1-3-4-18(23)20(31(27,28)17-11-9-16(29-2)10-12-17)25-21-24-19(26-30-21)13-14-5-7-15(22)8-6-14/h5-12,18,20H,3-4,13,23H2,1-2H3,(H,24,25,26). The molecule has 0 radical (unpaired) electrons. The van der Waals surface area contributed by atoms with E-state index in [0.717, 1.165) is 23.5 Å². The Kier molecular flexibility index (Phi) is 7.58. The van der Waals surface area contributed by atoms with Crippen molar-refractivity contribution in [3.63, 3.8) is 0 Å². The minimum atomic E-state index is -3.79. The molecule has 31 heavy (non-hydrogen) atoms. The summed E-state index contributed by atoms with van der Waals surface area (Å²) in [6.07, 6.45) is 1.67. The first-order chi connectivity index (χ1) is 14.8. The summed E-state index contributed by atoms with van der Waals surface area (Å²) in [5.41, 5.74) is 7.11. The van der Waals surface area contributed by atoms with Gasteiger partial charge < -0.3 is 15.8 Å². The van der Waals surface area contributed by atoms with Crippen LogP contribution in [0.1, 0.15) is 31.2 Å². The van der Waals surface area contributed by atoms with Gasteiger partial charge in [0, 0.05) is 24.0 Å². The van der Waals surface area contributed by atoms with E-state index in [2.05, 4.69) is 14.7 Å². The van der Waals surface area contributed by atoms with Crippen LogP contribution >= 0.6 is 11.5 Å². The highest BCUT2D eigenvalue weighted by Gasteiger charge is 2.33. The maximum Gasteiger partial charge on any atom is 0.203 e. The molecule has 2 atom stereocenters. The lowest BCUT2D eigenvalue weighted by atomic mass is 10.1. The summed E-state index contributed by atoms with van der Waals surface area (Å²) < 4.78 is 49.1. The van der Waals surface area contributed by atoms with Crippen LogP contribution in [0, 0.1) is 5.82 Å². The Hall–Kier alpha value is -2.56. The molecule has 0 bridgehead atoms. The van der Waals surface area contributed by atoms with Crippen molar-refractivity contribution in [2.24, 2.45) is 5.73 Å². The minimum absolute atomic E-state index is 0.147. The van der Waals surface area contributed by atoms with Crippen molar-refractivity contribution in [2.45, 2.75) is 42.5 Å². The molecule has 10 heteroatoms. The molecule has 0 aliphatic heterocycles. The Labute approximate surface area is 185 Å². The van der Waals surface area contributed by atoms with Crippen LogP contribution in [0.15, 0.2) is 53.4 Å². The van der Waals surface area contributed by atoms with E-state index in [-0.39, 0.29) is 10.7 Å². The summed E-state index contributed by atoms with van der Waals surface area (Å²) in [5, 5.41) is 2.29. The zero-order chi connectivity index (χ0) is 22.4. The monoisotopic (exact) mass is 464 g/mol. The number of nitrogens with zero attached hydrogens (tertiary/aromatic N) is 2. The Bertz CT molecular complexity index is 1090. The molecule has 3 rings (SSSR count). The van der Waals surface area contributed by atoms with Gasteiger partial charge in [-0.15, -0.1) is 0 Å². The lowest BCUT2D eigenvalue weighted by Gasteiger charge is -2.24. The molecular weight excluding hydrogens is 439 g/mol. The minimum Gasteiger partial charge on any atom is -0.497 e. The van der Waals surface area contributed by atoms with Gasteiger partial charge in [0.15, 0.2) is 5.37 Å². The molecule has 0 fully saturated rings. The summed E-state index contributed by atoms with van der Waals surface area (Å²) in [5.74, 6) is 0.772. The first-order valence-corrected chi connectivity index (χ1v) is 12.1. The normalized spacial score (nSPS) is 13.5. The summed E-state index contributed by atoms with van der Waals surface area (Å²) >= 11 is 1.07. The van der Waals surface area contributed by atoms with Crippen molar-refractivity contribution >= 4 is 26.5 Å². The van der Waals surface area contributed by atoms with E-state index in [1.807, 2.05) is 6.92 Å². The van der Waals surface area contributed by atoms with E-state index in [4.69, 9.17) is 10.5 Å². The molecule has 0 saturated carbocycles. The highest BCUT2D eigenvalue weighted by Crippen LogP contribution is 2.25. The molecule has 7 nitrogen and oxygen atoms in total. The van der Waals surface area contributed by atoms with Crippen molar-refractivity contribution in [2.75, 3.05) is 12.4 Å². The number of hydrogen-bond donors (Lipinski definition) is 2. The molecule has 3 aromatic rings. The third kappa shape index (κ3) is 5.78. The van der Waals surface area contributed by atoms with Crippen molar-refractivity contribution in [3.8, 4) is 5.75 Å². The number of nitrogens with two attached hydrogens (primary N) is 1. The Morgan fingerprint density at radius 2 is 1.84 bits per heavy atom. The van der Waals surface area contributed by atoms with Crippen molar-refractivity contribution in [1.29, 1.82) is 0 Å². The second kappa shape index (κ2) is 10.2. The number of ether oxygens (including phenoxy) is 1. The first kappa shape index (κ1) is 23.1. The second-order valence-electron chi connectivity index (χ2n) is 7.06. The Morgan fingerprint density at radius 3 is 2.45 bits per heavy atom. The molecule has 3 N–H and O–H groups in total. The topological polar surface area (TPSA) is 107 Å². The third-order valence-electron chi connectivity index (χ3n) is 4.74. The molecule has 1 aromatic heterocycles. The zero-order valence-electron chi connectivity index (χ0n) is 17.3. The highest BCUT2D eigenvalue weighted by molar-refractivity contribution is 7.92. The number of hydrogen-bond acceptors (Lipinski definition) is 8. The molecule has 2 aromatic carbocycles. The number of nitrogens with one attached hydrogen (secondary N) is 1. The number of methoxy groups -OCH3 is 1. The van der Waals surface area contributed by atoms with Crippen LogP contribution in [0.2, 0.25) is 0 Å². The predicted octanol–water partition coefficient (Wildman–Crippen LogP) is 3.62. The largest absolute Gasteiger partial charge is 0.497 e. The smallest absolute Gasteiger partial charge is 0.203 e. The summed E-state index contributed by atoms with van der Waals surface area (Å²) in [4.78, 5) is 4.55. The van der Waals surface area contributed by atoms with Gasteiger partial charge >= 0.3 is 0 Å². The van der Waals surface area contributed by atoms with Crippen LogP contribution in [-0.4, -0.2) is 36.3 Å². The van der Waals surface area contributed by atoms with Gasteiger partial charge in [-0.3, -0.25) is 0 Å². The van der Waals surface area contributed by atoms with E-state index in [1.165, 1.54) is 31.4 Å². The molecule has 0 spiro atoms. The number of anilines is 1. The van der Waals surface area contributed by atoms with E-state index in [1.54, 1.807) is 24.3 Å². The van der Waals surface area contributed by atoms with Crippen LogP contribution in [0.4, 0.5) is 9.52 Å². The van der Waals surface area contributed by atoms with Crippen LogP contribution in [0.3, 0.4) is 0 Å². The number of rotatable bonds is 10. The zero-order valence-corrected chi connectivity index (χ0v) is 18.9. The van der Waals surface area contributed by atoms with Crippen LogP contribution in [0.5, 0.6) is 5.75 Å². The van der Waals surface area contributed by atoms with E-state index >= 15 is 0 Å². The van der Waals surface area contributed by atoms with Gasteiger partial charge in [-0.05, 0) is 48.4 Å². The number of benzene rings is 2. The van der Waals surface area contributed by atoms with E-state index < -0.39 is 21.3 Å². The molecule has 0 aliphatic rings. The predicted molar refractivity (Wildman–Crippen MR) is 120 cm³/mol. The third-order valence-corrected chi connectivity index (χ3v) is 7.49. The van der Waals surface area contributed by atoms with Gasteiger partial charge in [0.25, 0.3) is 0 Å². The molecule has 1 heterocycles. The van der Waals surface area contributed by atoms with Gasteiger partial charge in [0.05, 0.1) is 12.0 Å². The lowest BCUT2D eigenvalue weighted by Crippen LogP contribution is -2.45. The van der Waals surface area contributed by atoms with E-state index in [9.17, 15) is 12.8 Å². The number of aromatic nitrogens is 2. The van der Waals surface area contributed by atoms with E-state index in [0.29, 0.717) is 29.5 Å². The first-order valence-electron chi connectivity index (χ1n) is 9.80. The van der Waals surface area contributed by atoms with Gasteiger partial charge in [-0.1, -0.05) is 25.5 Å². The summed E-state index contributed by atoms with van der Waals surface area (Å²) in [7, 11) is -2.28. The average molecular weight is 465 g/mol. The Morgan fingerprint density at radius 1 is 1.16 bits per heavy atom. The average Bonchev–Trinajstić information content (AvgIpc) is 3.20. The number of sulfone groups is 1. The molecule has 0 aliphatic carbocycles. The Balaban J connectivity index is 1.82. The van der Waals surface area contributed by atoms with Gasteiger partial charge in [0.1, 0.15) is 17.4 Å². The fourth-order valence-electron chi connectivity index (χ4n) is 3.10. The van der Waals surface area contributed by atoms with Crippen LogP contribution in [0.25, 0.3) is 0 Å². The van der Waals surface area contributed by atoms with Gasteiger partial charge in [0.2, 0.25) is 15.0 Å². The lowest BCUT2D eigenvalue weighted by molar-refractivity contribution is 0.414. The van der Waals surface area contributed by atoms with Crippen molar-refractivity contribution in [1.82, 2.24) is 9.36 Å². The maximum atomic E-state index is 13.3. The van der Waals surface area contributed by atoms with Gasteiger partial charge in [-0.25, -0.2) is 17.8 Å². The van der Waals surface area contributed by atoms with Gasteiger partial charge in [-0.2, -0.15) is 4.37 Å². The molecular formula is C21H25FN4O3S2. The molecule has 2 unspecified atom stereocenters. The van der Waals surface area contributed by atoms with Crippen LogP contribution < -0.4 is 15.8 Å². The summed E-state index contributed by atoms with van der Waals surface area (Å²) in [6.45, 7) is 1.95. The van der Waals surface area contributed by atoms with Crippen molar-refractivity contribution < 1.29 is 17.5 Å². The molecule has 0 saturated heterocycles. The number of halogens is 1. The fourth-order valence-corrected chi connectivity index (χ4v) is 5.47. The quantitative estimate of drug-likeness (QED) is 0.472. The summed E-state index contributed by atoms with van der Waals surface area (Å²) in [6, 6.07) is 11.6. The molecule has 0 amide bonds. The highest BCUT2D eigenvalue weighted by atomic mass is 32.2. The fraction of sp³-hybridized carbons (Fsp3) is 0.333. The maximum absolute atomic E-state index is 13.3.